The van der Waals surface area contributed by atoms with Gasteiger partial charge in [-0.3, -0.25) is 9.63 Å². The summed E-state index contributed by atoms with van der Waals surface area (Å²) in [5, 5.41) is 12.0. The van der Waals surface area contributed by atoms with Crippen LogP contribution < -0.4 is 10.8 Å². The second kappa shape index (κ2) is 10.1. The van der Waals surface area contributed by atoms with Gasteiger partial charge in [0.25, 0.3) is 5.91 Å². The van der Waals surface area contributed by atoms with E-state index in [2.05, 4.69) is 35.1 Å². The van der Waals surface area contributed by atoms with Crippen LogP contribution in [0, 0.1) is 11.8 Å². The number of carbonyl (C=O) groups excluding carboxylic acids is 2. The molecule has 9 nitrogen and oxygen atoms in total. The van der Waals surface area contributed by atoms with Gasteiger partial charge in [-0.2, -0.15) is 0 Å². The van der Waals surface area contributed by atoms with Gasteiger partial charge in [0.2, 0.25) is 0 Å². The fourth-order valence-electron chi connectivity index (χ4n) is 4.92. The first-order valence-corrected chi connectivity index (χ1v) is 11.9. The summed E-state index contributed by atoms with van der Waals surface area (Å²) in [6, 6.07) is 16.2. The molecule has 2 aromatic carbocycles. The number of hydrogen-bond acceptors (Lipinski definition) is 6. The van der Waals surface area contributed by atoms with E-state index in [1.807, 2.05) is 24.3 Å². The summed E-state index contributed by atoms with van der Waals surface area (Å²) in [5.41, 5.74) is 6.81. The van der Waals surface area contributed by atoms with Crippen LogP contribution in [0.5, 0.6) is 0 Å². The lowest BCUT2D eigenvalue weighted by Gasteiger charge is -2.20. The van der Waals surface area contributed by atoms with E-state index in [1.165, 1.54) is 0 Å². The molecule has 0 spiro atoms. The zero-order chi connectivity index (χ0) is 24.4. The SMILES string of the molecule is O=C(NC[C@H]1CCO[C@H]1C(=O)NOC(C(=O)O)C1CC1)OCC1c2ccccc2-c2ccccc21. The van der Waals surface area contributed by atoms with E-state index >= 15 is 0 Å². The van der Waals surface area contributed by atoms with Crippen molar-refractivity contribution in [3.8, 4) is 11.1 Å². The van der Waals surface area contributed by atoms with Gasteiger partial charge in [-0.25, -0.2) is 15.1 Å². The number of alkyl carbamates (subject to hydrolysis) is 1. The zero-order valence-electron chi connectivity index (χ0n) is 19.1. The second-order valence-electron chi connectivity index (χ2n) is 9.23. The minimum atomic E-state index is -1.10. The van der Waals surface area contributed by atoms with Crippen LogP contribution in [0.15, 0.2) is 48.5 Å². The molecule has 5 rings (SSSR count). The van der Waals surface area contributed by atoms with Crippen molar-refractivity contribution in [1.29, 1.82) is 0 Å². The molecule has 3 atom stereocenters. The predicted molar refractivity (Wildman–Crippen MR) is 124 cm³/mol. The Morgan fingerprint density at radius 2 is 1.66 bits per heavy atom. The minimum Gasteiger partial charge on any atom is -0.479 e. The van der Waals surface area contributed by atoms with Crippen LogP contribution in [0.2, 0.25) is 0 Å². The van der Waals surface area contributed by atoms with Crippen molar-refractivity contribution in [2.24, 2.45) is 11.8 Å². The molecule has 1 aliphatic heterocycles. The van der Waals surface area contributed by atoms with Crippen LogP contribution in [0.25, 0.3) is 11.1 Å². The summed E-state index contributed by atoms with van der Waals surface area (Å²) >= 11 is 0. The van der Waals surface area contributed by atoms with E-state index in [4.69, 9.17) is 14.3 Å². The number of amides is 2. The zero-order valence-corrected chi connectivity index (χ0v) is 19.1. The van der Waals surface area contributed by atoms with Crippen molar-refractivity contribution in [1.82, 2.24) is 10.8 Å². The predicted octanol–water partition coefficient (Wildman–Crippen LogP) is 2.84. The Labute approximate surface area is 202 Å². The molecule has 2 aromatic rings. The molecule has 0 aromatic heterocycles. The second-order valence-corrected chi connectivity index (χ2v) is 9.23. The van der Waals surface area contributed by atoms with E-state index in [1.54, 1.807) is 0 Å². The number of hydroxylamine groups is 1. The fourth-order valence-corrected chi connectivity index (χ4v) is 4.92. The molecule has 1 heterocycles. The van der Waals surface area contributed by atoms with Crippen LogP contribution in [0.3, 0.4) is 0 Å². The molecule has 184 valence electrons. The lowest BCUT2D eigenvalue weighted by atomic mass is 9.98. The third kappa shape index (κ3) is 5.01. The number of fused-ring (bicyclic) bond motifs is 3. The highest BCUT2D eigenvalue weighted by Gasteiger charge is 2.40. The fraction of sp³-hybridized carbons (Fsp3) is 0.423. The summed E-state index contributed by atoms with van der Waals surface area (Å²) in [4.78, 5) is 41.4. The van der Waals surface area contributed by atoms with Gasteiger partial charge in [0.15, 0.2) is 6.10 Å². The summed E-state index contributed by atoms with van der Waals surface area (Å²) < 4.78 is 11.1. The third-order valence-electron chi connectivity index (χ3n) is 6.90. The Kier molecular flexibility index (Phi) is 6.70. The quantitative estimate of drug-likeness (QED) is 0.472. The Hall–Kier alpha value is -3.43. The van der Waals surface area contributed by atoms with Gasteiger partial charge in [0.05, 0.1) is 0 Å². The number of carbonyl (C=O) groups is 3. The maximum Gasteiger partial charge on any atom is 0.407 e. The molecular weight excluding hydrogens is 452 g/mol. The Bertz CT molecular complexity index is 1070. The standard InChI is InChI=1S/C26H28N2O7/c29-24(28-35-23(25(30)31)15-9-10-15)22-16(11-12-33-22)13-27-26(32)34-14-21-19-7-3-1-5-17(19)18-6-2-4-8-20(18)21/h1-8,15-16,21-23H,9-14H2,(H,27,32)(H,28,29)(H,30,31)/t16-,22-,23?/m1/s1. The van der Waals surface area contributed by atoms with Crippen molar-refractivity contribution in [3.63, 3.8) is 0 Å². The Balaban J connectivity index is 1.11. The van der Waals surface area contributed by atoms with Gasteiger partial charge in [0, 0.05) is 25.0 Å². The van der Waals surface area contributed by atoms with Gasteiger partial charge in [0.1, 0.15) is 12.7 Å². The lowest BCUT2D eigenvalue weighted by molar-refractivity contribution is -0.166. The van der Waals surface area contributed by atoms with Crippen molar-refractivity contribution >= 4 is 18.0 Å². The molecule has 2 aliphatic carbocycles. The minimum absolute atomic E-state index is 0.0349. The molecule has 9 heteroatoms. The van der Waals surface area contributed by atoms with Crippen LogP contribution in [-0.4, -0.2) is 55.0 Å². The molecule has 1 unspecified atom stereocenters. The number of ether oxygens (including phenoxy) is 2. The van der Waals surface area contributed by atoms with Crippen LogP contribution in [0.4, 0.5) is 4.79 Å². The van der Waals surface area contributed by atoms with Crippen LogP contribution in [0.1, 0.15) is 36.3 Å². The molecule has 0 bridgehead atoms. The summed E-state index contributed by atoms with van der Waals surface area (Å²) in [7, 11) is 0. The van der Waals surface area contributed by atoms with E-state index in [0.717, 1.165) is 35.1 Å². The third-order valence-corrected chi connectivity index (χ3v) is 6.90. The average Bonchev–Trinajstić information content (AvgIpc) is 3.49. The van der Waals surface area contributed by atoms with E-state index < -0.39 is 30.2 Å². The monoisotopic (exact) mass is 480 g/mol. The number of rotatable bonds is 9. The number of carboxylic acids is 1. The van der Waals surface area contributed by atoms with Crippen LogP contribution in [-0.2, 0) is 23.9 Å². The van der Waals surface area contributed by atoms with E-state index in [0.29, 0.717) is 13.0 Å². The average molecular weight is 481 g/mol. The molecule has 3 N–H and O–H groups in total. The van der Waals surface area contributed by atoms with Crippen molar-refractivity contribution in [2.45, 2.75) is 37.4 Å². The first kappa shape index (κ1) is 23.3. The first-order valence-electron chi connectivity index (χ1n) is 11.9. The summed E-state index contributed by atoms with van der Waals surface area (Å²) in [6.45, 7) is 0.760. The van der Waals surface area contributed by atoms with Crippen molar-refractivity contribution < 1.29 is 33.8 Å². The molecule has 0 radical (unpaired) electrons. The number of nitrogens with one attached hydrogen (secondary N) is 2. The molecule has 35 heavy (non-hydrogen) atoms. The van der Waals surface area contributed by atoms with Gasteiger partial charge >= 0.3 is 12.1 Å². The van der Waals surface area contributed by atoms with Crippen molar-refractivity contribution in [2.75, 3.05) is 19.8 Å². The number of hydrogen-bond donors (Lipinski definition) is 3. The normalized spacial score (nSPS) is 21.6. The highest BCUT2D eigenvalue weighted by Crippen LogP contribution is 2.44. The highest BCUT2D eigenvalue weighted by molar-refractivity contribution is 5.81. The Morgan fingerprint density at radius 3 is 2.29 bits per heavy atom. The van der Waals surface area contributed by atoms with Crippen molar-refractivity contribution in [3.05, 3.63) is 59.7 Å². The maximum atomic E-state index is 12.5. The van der Waals surface area contributed by atoms with Gasteiger partial charge < -0.3 is 19.9 Å². The van der Waals surface area contributed by atoms with Crippen LogP contribution >= 0.6 is 0 Å². The largest absolute Gasteiger partial charge is 0.479 e. The summed E-state index contributed by atoms with van der Waals surface area (Å²) in [6.07, 6.45) is -0.352. The smallest absolute Gasteiger partial charge is 0.407 e. The maximum absolute atomic E-state index is 12.5. The van der Waals surface area contributed by atoms with Gasteiger partial charge in [-0.05, 0) is 47.4 Å². The topological polar surface area (TPSA) is 123 Å². The van der Waals surface area contributed by atoms with Gasteiger partial charge in [-0.15, -0.1) is 0 Å². The number of aliphatic carboxylic acids is 1. The van der Waals surface area contributed by atoms with E-state index in [-0.39, 0.29) is 30.9 Å². The molecular formula is C26H28N2O7. The number of carboxylic acid groups (broad SMARTS) is 1. The molecule has 2 fully saturated rings. The molecule has 1 saturated carbocycles. The molecule has 1 saturated heterocycles. The molecule has 2 amide bonds. The van der Waals surface area contributed by atoms with E-state index in [9.17, 15) is 19.5 Å². The van der Waals surface area contributed by atoms with Gasteiger partial charge in [-0.1, -0.05) is 48.5 Å². The lowest BCUT2D eigenvalue weighted by Crippen LogP contribution is -2.44. The Morgan fingerprint density at radius 1 is 1.00 bits per heavy atom. The first-order chi connectivity index (χ1) is 17.0. The summed E-state index contributed by atoms with van der Waals surface area (Å²) in [5.74, 6) is -2.04. The number of benzene rings is 2. The molecule has 3 aliphatic rings. The highest BCUT2D eigenvalue weighted by atomic mass is 16.7.